The van der Waals surface area contributed by atoms with Gasteiger partial charge in [-0.05, 0) is 30.5 Å². The second kappa shape index (κ2) is 11.2. The normalized spacial score (nSPS) is 11.7. The molecular weight excluding hydrogens is 320 g/mol. The van der Waals surface area contributed by atoms with Gasteiger partial charge in [0, 0.05) is 12.8 Å². The molecule has 25 heavy (non-hydrogen) atoms. The molecule has 0 heterocycles. The number of hydrogen-bond acceptors (Lipinski definition) is 5. The van der Waals surface area contributed by atoms with Gasteiger partial charge in [0.05, 0.1) is 6.10 Å². The molecule has 2 aromatic rings. The standard InChI is InChI=1S/C20H24O5/c21-20(24-15-14-23-18-10-5-2-6-11-18)13-7-12-19(25-22)16-17-8-3-1-4-9-17/h1-6,8-11,19,22H,7,12-16H2. The highest BCUT2D eigenvalue weighted by molar-refractivity contribution is 5.69. The van der Waals surface area contributed by atoms with Crippen LogP contribution in [0.15, 0.2) is 60.7 Å². The van der Waals surface area contributed by atoms with E-state index in [1.165, 1.54) is 0 Å². The maximum atomic E-state index is 11.7. The van der Waals surface area contributed by atoms with Crippen molar-refractivity contribution in [2.45, 2.75) is 31.8 Å². The van der Waals surface area contributed by atoms with Gasteiger partial charge in [0.2, 0.25) is 0 Å². The Bertz CT molecular complexity index is 600. The average molecular weight is 344 g/mol. The molecule has 0 bridgehead atoms. The maximum absolute atomic E-state index is 11.7. The Morgan fingerprint density at radius 1 is 0.960 bits per heavy atom. The highest BCUT2D eigenvalue weighted by Crippen LogP contribution is 2.12. The van der Waals surface area contributed by atoms with Crippen LogP contribution in [0.4, 0.5) is 0 Å². The molecule has 5 nitrogen and oxygen atoms in total. The molecule has 2 rings (SSSR count). The predicted molar refractivity (Wildman–Crippen MR) is 94.4 cm³/mol. The van der Waals surface area contributed by atoms with Crippen molar-refractivity contribution >= 4 is 5.97 Å². The first kappa shape index (κ1) is 19.0. The second-order valence-electron chi connectivity index (χ2n) is 5.69. The summed E-state index contributed by atoms with van der Waals surface area (Å²) in [5, 5.41) is 9.00. The molecule has 0 amide bonds. The zero-order valence-electron chi connectivity index (χ0n) is 14.2. The van der Waals surface area contributed by atoms with Crippen LogP contribution >= 0.6 is 0 Å². The average Bonchev–Trinajstić information content (AvgIpc) is 2.66. The Balaban J connectivity index is 1.56. The van der Waals surface area contributed by atoms with E-state index in [1.807, 2.05) is 60.7 Å². The van der Waals surface area contributed by atoms with Crippen molar-refractivity contribution in [3.8, 4) is 5.75 Å². The van der Waals surface area contributed by atoms with E-state index in [1.54, 1.807) is 0 Å². The van der Waals surface area contributed by atoms with Crippen molar-refractivity contribution in [2.75, 3.05) is 13.2 Å². The number of hydrogen-bond donors (Lipinski definition) is 1. The zero-order valence-corrected chi connectivity index (χ0v) is 14.2. The first-order chi connectivity index (χ1) is 12.3. The van der Waals surface area contributed by atoms with Crippen molar-refractivity contribution in [1.29, 1.82) is 0 Å². The number of rotatable bonds is 11. The highest BCUT2D eigenvalue weighted by Gasteiger charge is 2.12. The summed E-state index contributed by atoms with van der Waals surface area (Å²) in [4.78, 5) is 16.2. The van der Waals surface area contributed by atoms with Gasteiger partial charge in [0.15, 0.2) is 0 Å². The maximum Gasteiger partial charge on any atom is 0.305 e. The van der Waals surface area contributed by atoms with Crippen LogP contribution < -0.4 is 4.74 Å². The lowest BCUT2D eigenvalue weighted by Gasteiger charge is -2.13. The third-order valence-corrected chi connectivity index (χ3v) is 3.72. The number of benzene rings is 2. The molecule has 0 aliphatic heterocycles. The van der Waals surface area contributed by atoms with E-state index in [4.69, 9.17) is 14.7 Å². The SMILES string of the molecule is O=C(CCCC(Cc1ccccc1)OO)OCCOc1ccccc1. The summed E-state index contributed by atoms with van der Waals surface area (Å²) in [5.41, 5.74) is 1.09. The van der Waals surface area contributed by atoms with Crippen LogP contribution in [0, 0.1) is 0 Å². The molecule has 0 aliphatic rings. The number of ether oxygens (including phenoxy) is 2. The lowest BCUT2D eigenvalue weighted by atomic mass is 10.0. The van der Waals surface area contributed by atoms with Crippen LogP contribution in [-0.2, 0) is 20.8 Å². The summed E-state index contributed by atoms with van der Waals surface area (Å²) < 4.78 is 10.6. The Morgan fingerprint density at radius 2 is 1.64 bits per heavy atom. The second-order valence-corrected chi connectivity index (χ2v) is 5.69. The molecule has 5 heteroatoms. The minimum absolute atomic E-state index is 0.220. The van der Waals surface area contributed by atoms with Gasteiger partial charge in [-0.3, -0.25) is 10.1 Å². The smallest absolute Gasteiger partial charge is 0.305 e. The van der Waals surface area contributed by atoms with Gasteiger partial charge in [0.25, 0.3) is 0 Å². The van der Waals surface area contributed by atoms with Gasteiger partial charge in [-0.15, -0.1) is 0 Å². The Hall–Kier alpha value is -2.37. The first-order valence-electron chi connectivity index (χ1n) is 8.45. The molecule has 2 aromatic carbocycles. The quantitative estimate of drug-likeness (QED) is 0.290. The van der Waals surface area contributed by atoms with Gasteiger partial charge in [-0.25, -0.2) is 4.89 Å². The third-order valence-electron chi connectivity index (χ3n) is 3.72. The topological polar surface area (TPSA) is 65.0 Å². The molecule has 134 valence electrons. The summed E-state index contributed by atoms with van der Waals surface area (Å²) in [6.07, 6.45) is 1.76. The third kappa shape index (κ3) is 7.83. The largest absolute Gasteiger partial charge is 0.490 e. The molecule has 1 unspecified atom stereocenters. The Morgan fingerprint density at radius 3 is 2.32 bits per heavy atom. The lowest BCUT2D eigenvalue weighted by Crippen LogP contribution is -2.16. The molecule has 0 spiro atoms. The van der Waals surface area contributed by atoms with Gasteiger partial charge in [-0.1, -0.05) is 48.5 Å². The van der Waals surface area contributed by atoms with E-state index >= 15 is 0 Å². The van der Waals surface area contributed by atoms with Crippen LogP contribution in [-0.4, -0.2) is 30.5 Å². The van der Waals surface area contributed by atoms with Gasteiger partial charge in [-0.2, -0.15) is 0 Å². The van der Waals surface area contributed by atoms with Crippen molar-refractivity contribution in [1.82, 2.24) is 0 Å². The summed E-state index contributed by atoms with van der Waals surface area (Å²) in [6.45, 7) is 0.545. The van der Waals surface area contributed by atoms with Crippen LogP contribution in [0.3, 0.4) is 0 Å². The summed E-state index contributed by atoms with van der Waals surface area (Å²) in [5.74, 6) is 0.482. The van der Waals surface area contributed by atoms with Crippen LogP contribution in [0.25, 0.3) is 0 Å². The number of esters is 1. The van der Waals surface area contributed by atoms with Crippen LogP contribution in [0.5, 0.6) is 5.75 Å². The molecular formula is C20H24O5. The molecule has 0 radical (unpaired) electrons. The van der Waals surface area contributed by atoms with E-state index in [9.17, 15) is 4.79 Å². The van der Waals surface area contributed by atoms with Gasteiger partial charge in [0.1, 0.15) is 19.0 Å². The first-order valence-corrected chi connectivity index (χ1v) is 8.45. The highest BCUT2D eigenvalue weighted by atomic mass is 17.1. The van der Waals surface area contributed by atoms with E-state index in [0.717, 1.165) is 11.3 Å². The van der Waals surface area contributed by atoms with E-state index in [2.05, 4.69) is 4.89 Å². The van der Waals surface area contributed by atoms with E-state index in [-0.39, 0.29) is 18.7 Å². The van der Waals surface area contributed by atoms with Gasteiger partial charge < -0.3 is 9.47 Å². The van der Waals surface area contributed by atoms with Crippen molar-refractivity contribution in [2.24, 2.45) is 0 Å². The lowest BCUT2D eigenvalue weighted by molar-refractivity contribution is -0.279. The predicted octanol–water partition coefficient (Wildman–Crippen LogP) is 3.88. The van der Waals surface area contributed by atoms with E-state index < -0.39 is 0 Å². The summed E-state index contributed by atoms with van der Waals surface area (Å²) >= 11 is 0. The molecule has 1 N–H and O–H groups in total. The fourth-order valence-corrected chi connectivity index (χ4v) is 2.45. The number of carbonyl (C=O) groups is 1. The van der Waals surface area contributed by atoms with Crippen LogP contribution in [0.2, 0.25) is 0 Å². The molecule has 0 saturated heterocycles. The minimum Gasteiger partial charge on any atom is -0.490 e. The van der Waals surface area contributed by atoms with Crippen molar-refractivity contribution in [3.05, 3.63) is 66.2 Å². The number of para-hydroxylation sites is 1. The molecule has 0 saturated carbocycles. The molecule has 1 atom stereocenters. The fraction of sp³-hybridized carbons (Fsp3) is 0.350. The zero-order chi connectivity index (χ0) is 17.7. The van der Waals surface area contributed by atoms with Crippen molar-refractivity contribution in [3.63, 3.8) is 0 Å². The van der Waals surface area contributed by atoms with Gasteiger partial charge >= 0.3 is 5.97 Å². The van der Waals surface area contributed by atoms with Crippen molar-refractivity contribution < 1.29 is 24.4 Å². The molecule has 0 aliphatic carbocycles. The Kier molecular flexibility index (Phi) is 8.52. The van der Waals surface area contributed by atoms with E-state index in [0.29, 0.717) is 32.3 Å². The fourth-order valence-electron chi connectivity index (χ4n) is 2.45. The molecule has 0 fully saturated rings. The minimum atomic E-state index is -0.323. The molecule has 0 aromatic heterocycles. The van der Waals surface area contributed by atoms with Crippen LogP contribution in [0.1, 0.15) is 24.8 Å². The summed E-state index contributed by atoms with van der Waals surface area (Å²) in [7, 11) is 0. The summed E-state index contributed by atoms with van der Waals surface area (Å²) in [6, 6.07) is 19.2. The Labute approximate surface area is 148 Å². The number of carbonyl (C=O) groups excluding carboxylic acids is 1. The monoisotopic (exact) mass is 344 g/mol.